The molecule has 1 saturated heterocycles. The van der Waals surface area contributed by atoms with Crippen LogP contribution >= 0.6 is 24.0 Å². The molecule has 2 atom stereocenters. The molecule has 0 aromatic heterocycles. The Kier molecular flexibility index (Phi) is 11.0. The molecule has 1 saturated carbocycles. The van der Waals surface area contributed by atoms with E-state index in [2.05, 4.69) is 17.6 Å². The van der Waals surface area contributed by atoms with Gasteiger partial charge in [-0.15, -0.1) is 24.0 Å². The second-order valence-corrected chi connectivity index (χ2v) is 8.61. The lowest BCUT2D eigenvalue weighted by atomic mass is 10.1. The van der Waals surface area contributed by atoms with E-state index in [1.54, 1.807) is 6.07 Å². The maximum atomic E-state index is 14.4. The first-order valence-electron chi connectivity index (χ1n) is 11.8. The van der Waals surface area contributed by atoms with Crippen LogP contribution in [0.4, 0.5) is 4.39 Å². The number of likely N-dealkylation sites (tertiary alicyclic amines) is 1. The third kappa shape index (κ3) is 7.78. The molecule has 1 aromatic carbocycles. The first-order valence-corrected chi connectivity index (χ1v) is 11.8. The van der Waals surface area contributed by atoms with E-state index >= 15 is 0 Å². The van der Waals surface area contributed by atoms with Crippen LogP contribution in [0.2, 0.25) is 0 Å². The Bertz CT molecular complexity index is 772. The summed E-state index contributed by atoms with van der Waals surface area (Å²) in [6.45, 7) is 8.97. The summed E-state index contributed by atoms with van der Waals surface area (Å²) in [6.07, 6.45) is 5.77. The number of nitrogens with zero attached hydrogens (tertiary/aromatic N) is 2. The van der Waals surface area contributed by atoms with Crippen LogP contribution in [0, 0.1) is 11.7 Å². The zero-order valence-electron chi connectivity index (χ0n) is 19.5. The summed E-state index contributed by atoms with van der Waals surface area (Å²) >= 11 is 0. The first kappa shape index (κ1) is 26.7. The number of hydrogen-bond donors (Lipinski definition) is 2. The summed E-state index contributed by atoms with van der Waals surface area (Å²) in [5, 5.41) is 6.62. The van der Waals surface area contributed by atoms with Crippen molar-refractivity contribution in [3.05, 3.63) is 29.6 Å². The van der Waals surface area contributed by atoms with E-state index in [1.165, 1.54) is 18.9 Å². The smallest absolute Gasteiger partial charge is 0.222 e. The van der Waals surface area contributed by atoms with Gasteiger partial charge >= 0.3 is 0 Å². The van der Waals surface area contributed by atoms with Gasteiger partial charge in [0.25, 0.3) is 0 Å². The van der Waals surface area contributed by atoms with Gasteiger partial charge in [-0.1, -0.05) is 13.0 Å². The number of carbonyl (C=O) groups excluding carboxylic acids is 1. The zero-order valence-corrected chi connectivity index (χ0v) is 21.9. The Morgan fingerprint density at radius 3 is 2.72 bits per heavy atom. The van der Waals surface area contributed by atoms with E-state index in [9.17, 15) is 9.18 Å². The van der Waals surface area contributed by atoms with Crippen molar-refractivity contribution < 1.29 is 13.9 Å². The molecule has 8 heteroatoms. The zero-order chi connectivity index (χ0) is 22.2. The number of benzene rings is 1. The fourth-order valence-electron chi connectivity index (χ4n) is 3.96. The molecule has 3 rings (SSSR count). The molecule has 2 aliphatic rings. The highest BCUT2D eigenvalue weighted by molar-refractivity contribution is 14.0. The lowest BCUT2D eigenvalue weighted by Crippen LogP contribution is -2.39. The Morgan fingerprint density at radius 1 is 1.34 bits per heavy atom. The minimum absolute atomic E-state index is 0. The molecule has 1 aromatic rings. The highest BCUT2D eigenvalue weighted by Crippen LogP contribution is 2.30. The van der Waals surface area contributed by atoms with E-state index in [4.69, 9.17) is 9.73 Å². The second-order valence-electron chi connectivity index (χ2n) is 8.61. The van der Waals surface area contributed by atoms with Gasteiger partial charge in [-0.25, -0.2) is 4.39 Å². The van der Waals surface area contributed by atoms with Gasteiger partial charge in [0.05, 0.1) is 12.6 Å². The van der Waals surface area contributed by atoms with E-state index in [1.807, 2.05) is 24.8 Å². The van der Waals surface area contributed by atoms with Crippen molar-refractivity contribution >= 4 is 35.8 Å². The molecule has 32 heavy (non-hydrogen) atoms. The Balaban J connectivity index is 0.00000363. The summed E-state index contributed by atoms with van der Waals surface area (Å²) in [5.41, 5.74) is 0.843. The highest BCUT2D eigenvalue weighted by Gasteiger charge is 2.26. The number of rotatable bonds is 11. The minimum Gasteiger partial charge on any atom is -0.490 e. The number of ether oxygens (including phenoxy) is 1. The minimum atomic E-state index is -0.324. The SMILES string of the molecule is CCNC(=NCCC(CC)N1CCCC1=O)NC(C)c1ccc(OCC2CC2)c(F)c1.I. The fraction of sp³-hybridized carbons (Fsp3) is 0.667. The third-order valence-electron chi connectivity index (χ3n) is 6.08. The van der Waals surface area contributed by atoms with E-state index < -0.39 is 0 Å². The van der Waals surface area contributed by atoms with Crippen molar-refractivity contribution in [2.45, 2.75) is 71.4 Å². The van der Waals surface area contributed by atoms with Crippen LogP contribution in [-0.4, -0.2) is 49.0 Å². The second kappa shape index (κ2) is 13.2. The molecule has 0 spiro atoms. The van der Waals surface area contributed by atoms with Crippen LogP contribution < -0.4 is 15.4 Å². The van der Waals surface area contributed by atoms with Crippen molar-refractivity contribution in [1.82, 2.24) is 15.5 Å². The molecule has 0 radical (unpaired) electrons. The van der Waals surface area contributed by atoms with Crippen molar-refractivity contribution in [2.24, 2.45) is 10.9 Å². The fourth-order valence-corrected chi connectivity index (χ4v) is 3.96. The van der Waals surface area contributed by atoms with Crippen molar-refractivity contribution in [3.63, 3.8) is 0 Å². The standard InChI is InChI=1S/C24H37FN4O2.HI/c1-4-20(29-14-6-7-23(29)30)12-13-27-24(26-5-2)28-17(3)19-10-11-22(21(25)15-19)31-16-18-8-9-18;/h10-11,15,17-18,20H,4-9,12-14,16H2,1-3H3,(H2,26,27,28);1H. The molecule has 2 fully saturated rings. The number of nitrogens with one attached hydrogen (secondary N) is 2. The molecule has 2 N–H and O–H groups in total. The summed E-state index contributed by atoms with van der Waals surface area (Å²) in [7, 11) is 0. The third-order valence-corrected chi connectivity index (χ3v) is 6.08. The van der Waals surface area contributed by atoms with Gasteiger partial charge in [-0.05, 0) is 69.6 Å². The number of guanidine groups is 1. The van der Waals surface area contributed by atoms with Crippen LogP contribution in [0.3, 0.4) is 0 Å². The molecule has 180 valence electrons. The van der Waals surface area contributed by atoms with Crippen molar-refractivity contribution in [1.29, 1.82) is 0 Å². The monoisotopic (exact) mass is 560 g/mol. The van der Waals surface area contributed by atoms with Gasteiger partial charge in [0, 0.05) is 32.1 Å². The van der Waals surface area contributed by atoms with Gasteiger partial charge in [0.2, 0.25) is 5.91 Å². The van der Waals surface area contributed by atoms with Gasteiger partial charge in [0.15, 0.2) is 17.5 Å². The Labute approximate surface area is 208 Å². The Morgan fingerprint density at radius 2 is 2.12 bits per heavy atom. The summed E-state index contributed by atoms with van der Waals surface area (Å²) in [6, 6.07) is 5.30. The van der Waals surface area contributed by atoms with Crippen LogP contribution in [0.15, 0.2) is 23.2 Å². The van der Waals surface area contributed by atoms with E-state index in [0.717, 1.165) is 37.9 Å². The van der Waals surface area contributed by atoms with Crippen LogP contribution in [0.25, 0.3) is 0 Å². The summed E-state index contributed by atoms with van der Waals surface area (Å²) < 4.78 is 20.0. The van der Waals surface area contributed by atoms with E-state index in [0.29, 0.717) is 37.2 Å². The number of carbonyl (C=O) groups is 1. The van der Waals surface area contributed by atoms with Crippen LogP contribution in [0.1, 0.15) is 70.9 Å². The lowest BCUT2D eigenvalue weighted by molar-refractivity contribution is -0.129. The first-order chi connectivity index (χ1) is 15.0. The number of halogens is 2. The summed E-state index contributed by atoms with van der Waals surface area (Å²) in [5.74, 6) is 1.56. The molecule has 1 amide bonds. The largest absolute Gasteiger partial charge is 0.490 e. The van der Waals surface area contributed by atoms with Crippen molar-refractivity contribution in [2.75, 3.05) is 26.2 Å². The molecule has 6 nitrogen and oxygen atoms in total. The van der Waals surface area contributed by atoms with Gasteiger partial charge in [-0.2, -0.15) is 0 Å². The molecule has 0 bridgehead atoms. The maximum Gasteiger partial charge on any atom is 0.222 e. The number of aliphatic imine (C=N–C) groups is 1. The predicted molar refractivity (Wildman–Crippen MR) is 137 cm³/mol. The average Bonchev–Trinajstić information content (AvgIpc) is 3.49. The van der Waals surface area contributed by atoms with Gasteiger partial charge < -0.3 is 20.3 Å². The maximum absolute atomic E-state index is 14.4. The molecular weight excluding hydrogens is 522 g/mol. The molecule has 2 unspecified atom stereocenters. The molecule has 1 aliphatic heterocycles. The Hall–Kier alpha value is -1.58. The quantitative estimate of drug-likeness (QED) is 0.235. The number of hydrogen-bond acceptors (Lipinski definition) is 3. The topological polar surface area (TPSA) is 66.0 Å². The van der Waals surface area contributed by atoms with Crippen molar-refractivity contribution in [3.8, 4) is 5.75 Å². The normalized spacial score (nSPS) is 18.2. The van der Waals surface area contributed by atoms with Crippen LogP contribution in [0.5, 0.6) is 5.75 Å². The molecular formula is C24H38FIN4O2. The lowest BCUT2D eigenvalue weighted by Gasteiger charge is -2.26. The highest BCUT2D eigenvalue weighted by atomic mass is 127. The van der Waals surface area contributed by atoms with E-state index in [-0.39, 0.29) is 47.8 Å². The molecule has 1 heterocycles. The van der Waals surface area contributed by atoms with Gasteiger partial charge in [0.1, 0.15) is 0 Å². The van der Waals surface area contributed by atoms with Crippen LogP contribution in [-0.2, 0) is 4.79 Å². The molecule has 1 aliphatic carbocycles. The van der Waals surface area contributed by atoms with Gasteiger partial charge in [-0.3, -0.25) is 9.79 Å². The predicted octanol–water partition coefficient (Wildman–Crippen LogP) is 4.64. The number of amides is 1. The summed E-state index contributed by atoms with van der Waals surface area (Å²) in [4.78, 5) is 18.7. The average molecular weight is 560 g/mol.